The molecule has 0 unspecified atom stereocenters. The summed E-state index contributed by atoms with van der Waals surface area (Å²) < 4.78 is 24.6. The van der Waals surface area contributed by atoms with Crippen molar-refractivity contribution in [2.24, 2.45) is 0 Å². The van der Waals surface area contributed by atoms with E-state index in [0.29, 0.717) is 11.3 Å². The van der Waals surface area contributed by atoms with Gasteiger partial charge in [0, 0.05) is 17.5 Å². The second-order valence-electron chi connectivity index (χ2n) is 4.92. The number of aryl methyl sites for hydroxylation is 2. The lowest BCUT2D eigenvalue weighted by Crippen LogP contribution is -2.14. The van der Waals surface area contributed by atoms with Crippen LogP contribution in [-0.2, 0) is 16.4 Å². The minimum absolute atomic E-state index is 0.0246. The highest BCUT2D eigenvalue weighted by Crippen LogP contribution is 2.21. The lowest BCUT2D eigenvalue weighted by atomic mass is 10.1. The number of benzene rings is 1. The maximum atomic E-state index is 11.5. The van der Waals surface area contributed by atoms with E-state index >= 15 is 0 Å². The molecule has 0 aliphatic heterocycles. The van der Waals surface area contributed by atoms with Crippen LogP contribution in [0.5, 0.6) is 0 Å². The molecular formula is C15H18N2O3S. The van der Waals surface area contributed by atoms with E-state index in [2.05, 4.69) is 5.10 Å². The van der Waals surface area contributed by atoms with Crippen molar-refractivity contribution in [2.45, 2.75) is 20.4 Å². The van der Waals surface area contributed by atoms with Crippen molar-refractivity contribution in [1.82, 2.24) is 9.78 Å². The van der Waals surface area contributed by atoms with Crippen molar-refractivity contribution in [2.75, 3.05) is 11.5 Å². The summed E-state index contributed by atoms with van der Waals surface area (Å²) in [5, 5.41) is 4.34. The molecule has 0 radical (unpaired) electrons. The fourth-order valence-electron chi connectivity index (χ4n) is 1.95. The minimum Gasteiger partial charge on any atom is -0.298 e. The summed E-state index contributed by atoms with van der Waals surface area (Å²) in [7, 11) is -3.05. The molecule has 1 aromatic heterocycles. The molecule has 0 N–H and O–H groups in total. The molecule has 112 valence electrons. The summed E-state index contributed by atoms with van der Waals surface area (Å²) in [6, 6.07) is 7.70. The van der Waals surface area contributed by atoms with Crippen LogP contribution in [0.4, 0.5) is 0 Å². The maximum Gasteiger partial charge on any atom is 0.153 e. The van der Waals surface area contributed by atoms with Crippen LogP contribution in [0.15, 0.2) is 30.5 Å². The van der Waals surface area contributed by atoms with Gasteiger partial charge in [0.2, 0.25) is 0 Å². The molecule has 0 aliphatic carbocycles. The van der Waals surface area contributed by atoms with Crippen molar-refractivity contribution in [1.29, 1.82) is 0 Å². The highest BCUT2D eigenvalue weighted by molar-refractivity contribution is 7.91. The van der Waals surface area contributed by atoms with Gasteiger partial charge in [0.05, 0.1) is 17.9 Å². The smallest absolute Gasteiger partial charge is 0.153 e. The summed E-state index contributed by atoms with van der Waals surface area (Å²) in [5.41, 5.74) is 3.02. The molecule has 2 aromatic rings. The van der Waals surface area contributed by atoms with E-state index < -0.39 is 9.84 Å². The van der Waals surface area contributed by atoms with Gasteiger partial charge in [0.25, 0.3) is 0 Å². The number of nitrogens with zero attached hydrogens (tertiary/aromatic N) is 2. The Morgan fingerprint density at radius 3 is 2.48 bits per heavy atom. The Morgan fingerprint density at radius 1 is 1.24 bits per heavy atom. The SMILES string of the molecule is CCS(=O)(=O)CCn1cc(C=O)c(-c2ccc(C)cc2)n1. The fourth-order valence-corrected chi connectivity index (χ4v) is 2.70. The first-order chi connectivity index (χ1) is 9.95. The Morgan fingerprint density at radius 2 is 1.90 bits per heavy atom. The number of carbonyl (C=O) groups excluding carboxylic acids is 1. The highest BCUT2D eigenvalue weighted by atomic mass is 32.2. The zero-order valence-electron chi connectivity index (χ0n) is 12.1. The van der Waals surface area contributed by atoms with Crippen LogP contribution in [0.2, 0.25) is 0 Å². The molecule has 0 aliphatic rings. The zero-order valence-corrected chi connectivity index (χ0v) is 12.9. The van der Waals surface area contributed by atoms with E-state index in [1.807, 2.05) is 31.2 Å². The third-order valence-corrected chi connectivity index (χ3v) is 5.00. The molecule has 2 rings (SSSR count). The van der Waals surface area contributed by atoms with E-state index in [-0.39, 0.29) is 18.1 Å². The van der Waals surface area contributed by atoms with Gasteiger partial charge in [-0.2, -0.15) is 5.10 Å². The molecule has 6 heteroatoms. The van der Waals surface area contributed by atoms with Crippen LogP contribution < -0.4 is 0 Å². The number of carbonyl (C=O) groups is 1. The summed E-state index contributed by atoms with van der Waals surface area (Å²) in [6.07, 6.45) is 2.33. The average molecular weight is 306 g/mol. The Bertz CT molecular complexity index is 731. The first-order valence-corrected chi connectivity index (χ1v) is 8.57. The fraction of sp³-hybridized carbons (Fsp3) is 0.333. The highest BCUT2D eigenvalue weighted by Gasteiger charge is 2.13. The molecule has 0 saturated carbocycles. The predicted molar refractivity (Wildman–Crippen MR) is 82.1 cm³/mol. The van der Waals surface area contributed by atoms with Crippen LogP contribution in [0.3, 0.4) is 0 Å². The van der Waals surface area contributed by atoms with E-state index in [4.69, 9.17) is 0 Å². The number of rotatable bonds is 6. The third-order valence-electron chi connectivity index (χ3n) is 3.31. The monoisotopic (exact) mass is 306 g/mol. The average Bonchev–Trinajstić information content (AvgIpc) is 2.89. The van der Waals surface area contributed by atoms with Gasteiger partial charge in [-0.25, -0.2) is 8.42 Å². The molecule has 0 spiro atoms. The molecule has 1 heterocycles. The number of sulfone groups is 1. The molecule has 0 amide bonds. The van der Waals surface area contributed by atoms with E-state index in [1.54, 1.807) is 13.1 Å². The second kappa shape index (κ2) is 6.22. The maximum absolute atomic E-state index is 11.5. The van der Waals surface area contributed by atoms with Crippen LogP contribution >= 0.6 is 0 Å². The van der Waals surface area contributed by atoms with Crippen molar-refractivity contribution >= 4 is 16.1 Å². The van der Waals surface area contributed by atoms with Crippen LogP contribution in [-0.4, -0.2) is 36.0 Å². The van der Waals surface area contributed by atoms with Gasteiger partial charge in [-0.3, -0.25) is 9.48 Å². The van der Waals surface area contributed by atoms with Gasteiger partial charge in [-0.05, 0) is 6.92 Å². The molecule has 0 atom stereocenters. The summed E-state index contributed by atoms with van der Waals surface area (Å²) >= 11 is 0. The molecule has 21 heavy (non-hydrogen) atoms. The van der Waals surface area contributed by atoms with Crippen molar-refractivity contribution in [3.05, 3.63) is 41.6 Å². The van der Waals surface area contributed by atoms with Crippen molar-refractivity contribution in [3.8, 4) is 11.3 Å². The van der Waals surface area contributed by atoms with Crippen molar-refractivity contribution in [3.63, 3.8) is 0 Å². The van der Waals surface area contributed by atoms with Crippen molar-refractivity contribution < 1.29 is 13.2 Å². The lowest BCUT2D eigenvalue weighted by Gasteiger charge is -2.02. The summed E-state index contributed by atoms with van der Waals surface area (Å²) in [5.74, 6) is 0.135. The molecular weight excluding hydrogens is 288 g/mol. The Labute approximate surface area is 124 Å². The quantitative estimate of drug-likeness (QED) is 0.766. The normalized spacial score (nSPS) is 11.5. The minimum atomic E-state index is -3.05. The molecule has 5 nitrogen and oxygen atoms in total. The number of aromatic nitrogens is 2. The van der Waals surface area contributed by atoms with E-state index in [9.17, 15) is 13.2 Å². The topological polar surface area (TPSA) is 69.0 Å². The number of hydrogen-bond acceptors (Lipinski definition) is 4. The number of hydrogen-bond donors (Lipinski definition) is 0. The molecule has 0 saturated heterocycles. The summed E-state index contributed by atoms with van der Waals surface area (Å²) in [4.78, 5) is 11.2. The van der Waals surface area contributed by atoms with Gasteiger partial charge in [0.15, 0.2) is 16.1 Å². The van der Waals surface area contributed by atoms with Gasteiger partial charge in [-0.1, -0.05) is 36.8 Å². The zero-order chi connectivity index (χ0) is 15.5. The van der Waals surface area contributed by atoms with Gasteiger partial charge in [0.1, 0.15) is 5.69 Å². The first kappa shape index (κ1) is 15.4. The van der Waals surface area contributed by atoms with E-state index in [0.717, 1.165) is 17.4 Å². The van der Waals surface area contributed by atoms with Crippen LogP contribution in [0.1, 0.15) is 22.8 Å². The molecule has 0 bridgehead atoms. The van der Waals surface area contributed by atoms with Gasteiger partial charge >= 0.3 is 0 Å². The Balaban J connectivity index is 2.27. The van der Waals surface area contributed by atoms with Crippen LogP contribution in [0.25, 0.3) is 11.3 Å². The number of aldehydes is 1. The third kappa shape index (κ3) is 3.78. The molecule has 0 fully saturated rings. The van der Waals surface area contributed by atoms with Crippen LogP contribution in [0, 0.1) is 6.92 Å². The molecule has 1 aromatic carbocycles. The van der Waals surface area contributed by atoms with Gasteiger partial charge in [-0.15, -0.1) is 0 Å². The van der Waals surface area contributed by atoms with Gasteiger partial charge < -0.3 is 0 Å². The predicted octanol–water partition coefficient (Wildman–Crippen LogP) is 2.11. The first-order valence-electron chi connectivity index (χ1n) is 6.75. The Kier molecular flexibility index (Phi) is 4.57. The second-order valence-corrected chi connectivity index (χ2v) is 7.39. The summed E-state index contributed by atoms with van der Waals surface area (Å²) in [6.45, 7) is 3.86. The largest absolute Gasteiger partial charge is 0.298 e. The van der Waals surface area contributed by atoms with E-state index in [1.165, 1.54) is 4.68 Å². The lowest BCUT2D eigenvalue weighted by molar-refractivity contribution is 0.112. The standard InChI is InChI=1S/C15H18N2O3S/c1-3-21(19,20)9-8-17-10-14(11-18)15(16-17)13-6-4-12(2)5-7-13/h4-7,10-11H,3,8-9H2,1-2H3. The Hall–Kier alpha value is -1.95.